The van der Waals surface area contributed by atoms with E-state index in [2.05, 4.69) is 24.3 Å². The maximum absolute atomic E-state index is 10.7. The van der Waals surface area contributed by atoms with E-state index in [1.54, 1.807) is 6.92 Å². The molecular weight excluding hydrogens is 227 g/mol. The number of benzene rings is 1. The second-order valence-corrected chi connectivity index (χ2v) is 5.31. The molecule has 0 bridgehead atoms. The predicted octanol–water partition coefficient (Wildman–Crippen LogP) is 2.29. The summed E-state index contributed by atoms with van der Waals surface area (Å²) in [6.45, 7) is 1.67. The molecule has 0 aliphatic carbocycles. The first-order chi connectivity index (χ1) is 6.29. The molecular formula is C11H14OSe. The number of ketones is 1. The summed E-state index contributed by atoms with van der Waals surface area (Å²) in [4.78, 5) is 10.7. The fourth-order valence-corrected chi connectivity index (χ4v) is 3.09. The van der Waals surface area contributed by atoms with Crippen molar-refractivity contribution in [1.82, 2.24) is 0 Å². The van der Waals surface area contributed by atoms with Gasteiger partial charge in [0.2, 0.25) is 0 Å². The van der Waals surface area contributed by atoms with E-state index in [1.807, 2.05) is 6.07 Å². The van der Waals surface area contributed by atoms with Crippen molar-refractivity contribution in [2.24, 2.45) is 0 Å². The van der Waals surface area contributed by atoms with E-state index in [-0.39, 0.29) is 0 Å². The van der Waals surface area contributed by atoms with Crippen LogP contribution >= 0.6 is 0 Å². The Morgan fingerprint density at radius 2 is 2.00 bits per heavy atom. The summed E-state index contributed by atoms with van der Waals surface area (Å²) in [5.41, 5.74) is 1.39. The zero-order valence-electron chi connectivity index (χ0n) is 7.82. The molecule has 13 heavy (non-hydrogen) atoms. The van der Waals surface area contributed by atoms with Crippen LogP contribution < -0.4 is 0 Å². The molecule has 1 nitrogen and oxygen atoms in total. The number of hydrogen-bond donors (Lipinski definition) is 0. The SMILES string of the molecule is CC(=O)CC[Se]Cc1ccccc1. The molecule has 0 fully saturated rings. The topological polar surface area (TPSA) is 17.1 Å². The molecule has 70 valence electrons. The van der Waals surface area contributed by atoms with Crippen molar-refractivity contribution < 1.29 is 4.79 Å². The number of carbonyl (C=O) groups excluding carboxylic acids is 1. The van der Waals surface area contributed by atoms with Gasteiger partial charge in [0.05, 0.1) is 0 Å². The van der Waals surface area contributed by atoms with Crippen LogP contribution in [-0.4, -0.2) is 20.7 Å². The summed E-state index contributed by atoms with van der Waals surface area (Å²) in [5.74, 6) is 0.315. The fraction of sp³-hybridized carbons (Fsp3) is 0.364. The molecule has 1 aromatic rings. The van der Waals surface area contributed by atoms with Gasteiger partial charge in [-0.2, -0.15) is 0 Å². The minimum atomic E-state index is 0.315. The van der Waals surface area contributed by atoms with Crippen LogP contribution in [0.5, 0.6) is 0 Å². The summed E-state index contributed by atoms with van der Waals surface area (Å²) in [6, 6.07) is 10.5. The Balaban J connectivity index is 2.17. The van der Waals surface area contributed by atoms with Crippen molar-refractivity contribution in [1.29, 1.82) is 0 Å². The van der Waals surface area contributed by atoms with Gasteiger partial charge in [0.25, 0.3) is 0 Å². The number of rotatable bonds is 5. The van der Waals surface area contributed by atoms with E-state index in [0.717, 1.165) is 17.1 Å². The van der Waals surface area contributed by atoms with Gasteiger partial charge in [-0.05, 0) is 0 Å². The van der Waals surface area contributed by atoms with Gasteiger partial charge >= 0.3 is 85.4 Å². The van der Waals surface area contributed by atoms with Gasteiger partial charge < -0.3 is 0 Å². The van der Waals surface area contributed by atoms with Crippen LogP contribution in [0.25, 0.3) is 0 Å². The summed E-state index contributed by atoms with van der Waals surface area (Å²) < 4.78 is 0. The van der Waals surface area contributed by atoms with E-state index in [4.69, 9.17) is 0 Å². The molecule has 2 heteroatoms. The monoisotopic (exact) mass is 242 g/mol. The zero-order valence-corrected chi connectivity index (χ0v) is 9.54. The van der Waals surface area contributed by atoms with Gasteiger partial charge in [-0.15, -0.1) is 0 Å². The molecule has 0 N–H and O–H groups in total. The standard InChI is InChI=1S/C11H14OSe/c1-10(12)7-8-13-9-11-5-3-2-4-6-11/h2-6H,7-9H2,1H3. The van der Waals surface area contributed by atoms with Crippen molar-refractivity contribution in [3.8, 4) is 0 Å². The Labute approximate surface area is 85.7 Å². The zero-order chi connectivity index (χ0) is 9.52. The molecule has 0 atom stereocenters. The number of Topliss-reactive ketones (excluding diaryl/α,β-unsaturated/α-hetero) is 1. The van der Waals surface area contributed by atoms with E-state index < -0.39 is 0 Å². The molecule has 0 heterocycles. The molecule has 0 aromatic heterocycles. The quantitative estimate of drug-likeness (QED) is 0.571. The van der Waals surface area contributed by atoms with Gasteiger partial charge in [-0.25, -0.2) is 0 Å². The minimum absolute atomic E-state index is 0.315. The fourth-order valence-electron chi connectivity index (χ4n) is 0.980. The molecule has 0 unspecified atom stereocenters. The third-order valence-corrected chi connectivity index (χ3v) is 3.87. The second-order valence-electron chi connectivity index (χ2n) is 2.99. The summed E-state index contributed by atoms with van der Waals surface area (Å²) >= 11 is 0.590. The number of carbonyl (C=O) groups is 1. The van der Waals surface area contributed by atoms with Crippen molar-refractivity contribution in [2.75, 3.05) is 0 Å². The first-order valence-electron chi connectivity index (χ1n) is 4.40. The van der Waals surface area contributed by atoms with E-state index >= 15 is 0 Å². The Morgan fingerprint density at radius 1 is 1.31 bits per heavy atom. The second kappa shape index (κ2) is 5.95. The third kappa shape index (κ3) is 4.87. The van der Waals surface area contributed by atoms with Crippen molar-refractivity contribution in [2.45, 2.75) is 24.0 Å². The van der Waals surface area contributed by atoms with Crippen LogP contribution in [-0.2, 0) is 10.1 Å². The molecule has 0 saturated heterocycles. The molecule has 0 spiro atoms. The summed E-state index contributed by atoms with van der Waals surface area (Å²) in [6.07, 6.45) is 0.757. The summed E-state index contributed by atoms with van der Waals surface area (Å²) in [7, 11) is 0. The average molecular weight is 241 g/mol. The number of hydrogen-bond acceptors (Lipinski definition) is 1. The van der Waals surface area contributed by atoms with Crippen LogP contribution in [0.3, 0.4) is 0 Å². The van der Waals surface area contributed by atoms with Gasteiger partial charge in [0.1, 0.15) is 0 Å². The Hall–Kier alpha value is -0.591. The van der Waals surface area contributed by atoms with Gasteiger partial charge in [-0.1, -0.05) is 0 Å². The molecule has 1 rings (SSSR count). The van der Waals surface area contributed by atoms with Gasteiger partial charge in [-0.3, -0.25) is 0 Å². The molecule has 0 saturated carbocycles. The van der Waals surface area contributed by atoms with Gasteiger partial charge in [0, 0.05) is 0 Å². The molecule has 1 aromatic carbocycles. The van der Waals surface area contributed by atoms with Crippen LogP contribution in [0, 0.1) is 0 Å². The van der Waals surface area contributed by atoms with E-state index in [0.29, 0.717) is 20.7 Å². The predicted molar refractivity (Wildman–Crippen MR) is 56.0 cm³/mol. The van der Waals surface area contributed by atoms with Crippen LogP contribution in [0.4, 0.5) is 0 Å². The van der Waals surface area contributed by atoms with Crippen molar-refractivity contribution >= 4 is 20.7 Å². The average Bonchev–Trinajstić information content (AvgIpc) is 2.14. The van der Waals surface area contributed by atoms with E-state index in [1.165, 1.54) is 5.56 Å². The van der Waals surface area contributed by atoms with Crippen molar-refractivity contribution in [3.05, 3.63) is 35.9 Å². The summed E-state index contributed by atoms with van der Waals surface area (Å²) in [5, 5.41) is 2.23. The van der Waals surface area contributed by atoms with Crippen LogP contribution in [0.2, 0.25) is 5.32 Å². The Bertz CT molecular complexity index is 256. The van der Waals surface area contributed by atoms with Crippen LogP contribution in [0.15, 0.2) is 30.3 Å². The van der Waals surface area contributed by atoms with Crippen molar-refractivity contribution in [3.63, 3.8) is 0 Å². The van der Waals surface area contributed by atoms with Crippen LogP contribution in [0.1, 0.15) is 18.9 Å². The Kier molecular flexibility index (Phi) is 4.80. The van der Waals surface area contributed by atoms with Gasteiger partial charge in [0.15, 0.2) is 0 Å². The first-order valence-corrected chi connectivity index (χ1v) is 6.82. The first kappa shape index (κ1) is 10.5. The van der Waals surface area contributed by atoms with E-state index in [9.17, 15) is 4.79 Å². The normalized spacial score (nSPS) is 9.92. The Morgan fingerprint density at radius 3 is 2.62 bits per heavy atom. The molecule has 0 radical (unpaired) electrons. The molecule has 0 amide bonds. The molecule has 0 aliphatic rings. The third-order valence-electron chi connectivity index (χ3n) is 1.71. The molecule has 0 aliphatic heterocycles. The maximum atomic E-state index is 10.7.